The third-order valence-electron chi connectivity index (χ3n) is 4.47. The SMILES string of the molecule is CC1CCCC(CO)(CN(C)Cc2cccc(Br)c2)C1. The Labute approximate surface area is 131 Å². The molecule has 1 aliphatic carbocycles. The molecule has 0 aliphatic heterocycles. The smallest absolute Gasteiger partial charge is 0.0499 e. The Morgan fingerprint density at radius 2 is 2.25 bits per heavy atom. The molecule has 2 atom stereocenters. The number of rotatable bonds is 5. The van der Waals surface area contributed by atoms with E-state index in [4.69, 9.17) is 0 Å². The molecule has 0 aromatic heterocycles. The number of hydrogen-bond donors (Lipinski definition) is 1. The van der Waals surface area contributed by atoms with Gasteiger partial charge in [-0.3, -0.25) is 0 Å². The van der Waals surface area contributed by atoms with Crippen molar-refractivity contribution in [2.45, 2.75) is 39.2 Å². The number of benzene rings is 1. The van der Waals surface area contributed by atoms with Crippen molar-refractivity contribution in [3.05, 3.63) is 34.3 Å². The summed E-state index contributed by atoms with van der Waals surface area (Å²) in [6.45, 7) is 4.56. The monoisotopic (exact) mass is 339 g/mol. The van der Waals surface area contributed by atoms with Gasteiger partial charge in [-0.15, -0.1) is 0 Å². The molecule has 1 saturated carbocycles. The van der Waals surface area contributed by atoms with Gasteiger partial charge < -0.3 is 10.0 Å². The molecule has 0 radical (unpaired) electrons. The lowest BCUT2D eigenvalue weighted by Gasteiger charge is -2.41. The summed E-state index contributed by atoms with van der Waals surface area (Å²) < 4.78 is 1.13. The molecule has 20 heavy (non-hydrogen) atoms. The molecule has 3 heteroatoms. The van der Waals surface area contributed by atoms with E-state index in [0.717, 1.165) is 36.3 Å². The Balaban J connectivity index is 1.97. The van der Waals surface area contributed by atoms with Gasteiger partial charge in [0.05, 0.1) is 0 Å². The topological polar surface area (TPSA) is 23.5 Å². The highest BCUT2D eigenvalue weighted by Crippen LogP contribution is 2.39. The van der Waals surface area contributed by atoms with Gasteiger partial charge in [-0.05, 0) is 43.5 Å². The van der Waals surface area contributed by atoms with E-state index < -0.39 is 0 Å². The van der Waals surface area contributed by atoms with Gasteiger partial charge in [0.15, 0.2) is 0 Å². The lowest BCUT2D eigenvalue weighted by Crippen LogP contribution is -2.41. The maximum absolute atomic E-state index is 9.88. The first-order valence-electron chi connectivity index (χ1n) is 7.57. The minimum absolute atomic E-state index is 0.110. The zero-order valence-corrected chi connectivity index (χ0v) is 14.2. The summed E-state index contributed by atoms with van der Waals surface area (Å²) in [6.07, 6.45) is 4.90. The zero-order valence-electron chi connectivity index (χ0n) is 12.6. The first-order chi connectivity index (χ1) is 9.53. The lowest BCUT2D eigenvalue weighted by molar-refractivity contribution is 0.0290. The summed E-state index contributed by atoms with van der Waals surface area (Å²) in [5.41, 5.74) is 1.43. The summed E-state index contributed by atoms with van der Waals surface area (Å²) in [6, 6.07) is 8.47. The van der Waals surface area contributed by atoms with E-state index in [1.807, 2.05) is 0 Å². The number of aliphatic hydroxyl groups excluding tert-OH is 1. The van der Waals surface area contributed by atoms with Crippen LogP contribution in [0.4, 0.5) is 0 Å². The molecule has 112 valence electrons. The molecule has 1 fully saturated rings. The lowest BCUT2D eigenvalue weighted by atomic mass is 9.70. The van der Waals surface area contributed by atoms with Crippen LogP contribution in [0.3, 0.4) is 0 Å². The van der Waals surface area contributed by atoms with Crippen LogP contribution in [0.5, 0.6) is 0 Å². The fourth-order valence-electron chi connectivity index (χ4n) is 3.68. The second-order valence-electron chi connectivity index (χ2n) is 6.66. The predicted octanol–water partition coefficient (Wildman–Crippen LogP) is 4.07. The van der Waals surface area contributed by atoms with Crippen molar-refractivity contribution >= 4 is 15.9 Å². The van der Waals surface area contributed by atoms with E-state index in [0.29, 0.717) is 6.61 Å². The molecule has 2 nitrogen and oxygen atoms in total. The van der Waals surface area contributed by atoms with Crippen LogP contribution < -0.4 is 0 Å². The van der Waals surface area contributed by atoms with Crippen LogP contribution in [0.15, 0.2) is 28.7 Å². The second kappa shape index (κ2) is 7.06. The molecule has 0 heterocycles. The van der Waals surface area contributed by atoms with E-state index >= 15 is 0 Å². The number of aliphatic hydroxyl groups is 1. The molecular weight excluding hydrogens is 314 g/mol. The summed E-state index contributed by atoms with van der Waals surface area (Å²) in [7, 11) is 2.16. The summed E-state index contributed by atoms with van der Waals surface area (Å²) >= 11 is 3.52. The van der Waals surface area contributed by atoms with Crippen molar-refractivity contribution in [3.8, 4) is 0 Å². The Morgan fingerprint density at radius 1 is 1.45 bits per heavy atom. The van der Waals surface area contributed by atoms with Crippen molar-refractivity contribution < 1.29 is 5.11 Å². The molecule has 1 aliphatic rings. The Hall–Kier alpha value is -0.380. The first kappa shape index (κ1) is 16.0. The fraction of sp³-hybridized carbons (Fsp3) is 0.647. The maximum atomic E-state index is 9.88. The van der Waals surface area contributed by atoms with Crippen molar-refractivity contribution in [3.63, 3.8) is 0 Å². The predicted molar refractivity (Wildman–Crippen MR) is 87.6 cm³/mol. The van der Waals surface area contributed by atoms with Crippen molar-refractivity contribution in [1.82, 2.24) is 4.90 Å². The molecule has 2 rings (SSSR count). The van der Waals surface area contributed by atoms with E-state index in [2.05, 4.69) is 59.1 Å². The molecule has 0 amide bonds. The van der Waals surface area contributed by atoms with E-state index in [9.17, 15) is 5.11 Å². The van der Waals surface area contributed by atoms with Gasteiger partial charge in [0.2, 0.25) is 0 Å². The van der Waals surface area contributed by atoms with Crippen molar-refractivity contribution in [2.75, 3.05) is 20.2 Å². The van der Waals surface area contributed by atoms with Crippen LogP contribution in [0.2, 0.25) is 0 Å². The maximum Gasteiger partial charge on any atom is 0.0499 e. The van der Waals surface area contributed by atoms with Gasteiger partial charge in [0, 0.05) is 29.6 Å². The van der Waals surface area contributed by atoms with E-state index in [-0.39, 0.29) is 5.41 Å². The second-order valence-corrected chi connectivity index (χ2v) is 7.58. The van der Waals surface area contributed by atoms with Crippen LogP contribution in [0.1, 0.15) is 38.2 Å². The third-order valence-corrected chi connectivity index (χ3v) is 4.96. The van der Waals surface area contributed by atoms with Gasteiger partial charge >= 0.3 is 0 Å². The molecular formula is C17H26BrNO. The molecule has 1 aromatic carbocycles. The summed E-state index contributed by atoms with van der Waals surface area (Å²) in [5.74, 6) is 0.746. The Bertz CT molecular complexity index is 437. The molecule has 2 unspecified atom stereocenters. The minimum Gasteiger partial charge on any atom is -0.396 e. The van der Waals surface area contributed by atoms with E-state index in [1.165, 1.54) is 18.4 Å². The largest absolute Gasteiger partial charge is 0.396 e. The van der Waals surface area contributed by atoms with Gasteiger partial charge in [0.25, 0.3) is 0 Å². The highest BCUT2D eigenvalue weighted by Gasteiger charge is 2.35. The highest BCUT2D eigenvalue weighted by atomic mass is 79.9. The summed E-state index contributed by atoms with van der Waals surface area (Å²) in [4.78, 5) is 2.36. The van der Waals surface area contributed by atoms with Crippen molar-refractivity contribution in [1.29, 1.82) is 0 Å². The average Bonchev–Trinajstić information content (AvgIpc) is 2.38. The van der Waals surface area contributed by atoms with Gasteiger partial charge in [-0.2, -0.15) is 0 Å². The molecule has 0 spiro atoms. The quantitative estimate of drug-likeness (QED) is 0.873. The van der Waals surface area contributed by atoms with Crippen LogP contribution in [-0.4, -0.2) is 30.2 Å². The number of nitrogens with zero attached hydrogens (tertiary/aromatic N) is 1. The van der Waals surface area contributed by atoms with Crippen LogP contribution in [-0.2, 0) is 6.54 Å². The molecule has 1 N–H and O–H groups in total. The molecule has 0 saturated heterocycles. The van der Waals surface area contributed by atoms with Gasteiger partial charge in [-0.1, -0.05) is 47.8 Å². The van der Waals surface area contributed by atoms with Gasteiger partial charge in [-0.25, -0.2) is 0 Å². The highest BCUT2D eigenvalue weighted by molar-refractivity contribution is 9.10. The first-order valence-corrected chi connectivity index (χ1v) is 8.36. The zero-order chi connectivity index (χ0) is 14.6. The molecule has 0 bridgehead atoms. The Morgan fingerprint density at radius 3 is 2.90 bits per heavy atom. The summed E-state index contributed by atoms with van der Waals surface area (Å²) in [5, 5.41) is 9.88. The Kier molecular flexibility index (Phi) is 5.65. The van der Waals surface area contributed by atoms with Crippen LogP contribution in [0.25, 0.3) is 0 Å². The van der Waals surface area contributed by atoms with Crippen LogP contribution in [0, 0.1) is 11.3 Å². The van der Waals surface area contributed by atoms with Crippen molar-refractivity contribution in [2.24, 2.45) is 11.3 Å². The van der Waals surface area contributed by atoms with Gasteiger partial charge in [0.1, 0.15) is 0 Å². The van der Waals surface area contributed by atoms with Crippen LogP contribution >= 0.6 is 15.9 Å². The third kappa shape index (κ3) is 4.31. The van der Waals surface area contributed by atoms with E-state index in [1.54, 1.807) is 0 Å². The fourth-order valence-corrected chi connectivity index (χ4v) is 4.13. The normalized spacial score (nSPS) is 26.9. The molecule has 1 aromatic rings. The number of hydrogen-bond acceptors (Lipinski definition) is 2. The number of halogens is 1. The minimum atomic E-state index is 0.110. The standard InChI is InChI=1S/C17H26BrNO/c1-14-5-4-8-17(10-14,13-20)12-19(2)11-15-6-3-7-16(18)9-15/h3,6-7,9,14,20H,4-5,8,10-13H2,1-2H3. The average molecular weight is 340 g/mol.